The zero-order chi connectivity index (χ0) is 8.65. The van der Waals surface area contributed by atoms with Crippen molar-refractivity contribution < 1.29 is 73.9 Å². The third-order valence-electron chi connectivity index (χ3n) is 1.83. The van der Waals surface area contributed by atoms with Crippen LogP contribution in [0.5, 0.6) is 0 Å². The fourth-order valence-electron chi connectivity index (χ4n) is 1.05. The van der Waals surface area contributed by atoms with Gasteiger partial charge in [0, 0.05) is 5.92 Å². The monoisotopic (exact) mass is 206 g/mol. The second-order valence-electron chi connectivity index (χ2n) is 2.65. The fourth-order valence-corrected chi connectivity index (χ4v) is 1.05. The van der Waals surface area contributed by atoms with Crippen LogP contribution in [0.3, 0.4) is 0 Å². The maximum absolute atomic E-state index is 11.8. The zero-order valence-corrected chi connectivity index (χ0v) is 10.0. The molecule has 1 aliphatic rings. The molecule has 7 heteroatoms. The van der Waals surface area contributed by atoms with Crippen LogP contribution in [0.25, 0.3) is 0 Å². The molecule has 1 fully saturated rings. The molecule has 0 saturated heterocycles. The van der Waals surface area contributed by atoms with E-state index in [2.05, 4.69) is 4.74 Å². The van der Waals surface area contributed by atoms with E-state index in [9.17, 15) is 17.7 Å². The second kappa shape index (κ2) is 4.45. The van der Waals surface area contributed by atoms with Gasteiger partial charge in [-0.25, -0.2) is 0 Å². The van der Waals surface area contributed by atoms with Crippen LogP contribution in [0.2, 0.25) is 5.82 Å². The predicted molar refractivity (Wildman–Crippen MR) is 33.0 cm³/mol. The first-order valence-electron chi connectivity index (χ1n) is 3.24. The Morgan fingerprint density at radius 1 is 1.50 bits per heavy atom. The molecule has 0 spiro atoms. The van der Waals surface area contributed by atoms with Gasteiger partial charge >= 0.3 is 64.3 Å². The van der Waals surface area contributed by atoms with Gasteiger partial charge < -0.3 is 17.7 Å². The number of halogens is 3. The van der Waals surface area contributed by atoms with E-state index in [0.29, 0.717) is 0 Å². The van der Waals surface area contributed by atoms with Gasteiger partial charge in [0.05, 0.1) is 7.11 Å². The number of carbonyl (C=O) groups excluding carboxylic acids is 1. The second-order valence-corrected chi connectivity index (χ2v) is 2.65. The number of hydrogen-bond donors (Lipinski definition) is 0. The third kappa shape index (κ3) is 3.03. The Morgan fingerprint density at radius 2 is 2.00 bits per heavy atom. The molecule has 2 unspecified atom stereocenters. The summed E-state index contributed by atoms with van der Waals surface area (Å²) in [5, 5.41) is 0. The van der Waals surface area contributed by atoms with Gasteiger partial charge in [0.25, 0.3) is 0 Å². The number of methoxy groups -OCH3 is 1. The van der Waals surface area contributed by atoms with Crippen molar-refractivity contribution in [2.45, 2.75) is 12.2 Å². The molecule has 0 aliphatic heterocycles. The zero-order valence-electron chi connectivity index (χ0n) is 6.89. The van der Waals surface area contributed by atoms with Gasteiger partial charge in [0.15, 0.2) is 0 Å². The summed E-state index contributed by atoms with van der Waals surface area (Å²) in [7, 11) is 1.10. The van der Waals surface area contributed by atoms with E-state index >= 15 is 0 Å². The molecule has 1 rings (SSSR count). The van der Waals surface area contributed by atoms with Gasteiger partial charge in [-0.05, 0) is 0 Å². The number of rotatable bonds is 2. The smallest absolute Gasteiger partial charge is 0.469 e. The van der Waals surface area contributed by atoms with Crippen molar-refractivity contribution in [1.29, 1.82) is 0 Å². The van der Waals surface area contributed by atoms with Gasteiger partial charge in [-0.3, -0.25) is 4.79 Å². The van der Waals surface area contributed by atoms with Crippen LogP contribution in [0.4, 0.5) is 12.9 Å². The van der Waals surface area contributed by atoms with Gasteiger partial charge in [0.2, 0.25) is 0 Å². The van der Waals surface area contributed by atoms with E-state index in [-0.39, 0.29) is 57.8 Å². The maximum Gasteiger partial charge on any atom is 1.00 e. The molecule has 1 saturated carbocycles. The van der Waals surface area contributed by atoms with E-state index in [1.165, 1.54) is 0 Å². The molecule has 12 heavy (non-hydrogen) atoms. The minimum atomic E-state index is -4.84. The summed E-state index contributed by atoms with van der Waals surface area (Å²) in [6.07, 6.45) is -0.0871. The Morgan fingerprint density at radius 3 is 2.25 bits per heavy atom. The number of hydrogen-bond acceptors (Lipinski definition) is 2. The molecule has 0 bridgehead atoms. The molecule has 0 N–H and O–H groups in total. The Bertz CT molecular complexity index is 184. The minimum Gasteiger partial charge on any atom is -0.469 e. The molecule has 0 aromatic rings. The Labute approximate surface area is 111 Å². The van der Waals surface area contributed by atoms with E-state index < -0.39 is 24.7 Å². The van der Waals surface area contributed by atoms with Gasteiger partial charge in [-0.1, -0.05) is 12.2 Å². The van der Waals surface area contributed by atoms with Crippen molar-refractivity contribution in [3.05, 3.63) is 0 Å². The summed E-state index contributed by atoms with van der Waals surface area (Å²) < 4.78 is 39.7. The molecule has 64 valence electrons. The molecule has 0 radical (unpaired) electrons. The van der Waals surface area contributed by atoms with Crippen LogP contribution in [-0.2, 0) is 9.53 Å². The van der Waals surface area contributed by atoms with Gasteiger partial charge in [-0.2, -0.15) is 0 Å². The Hall–Kier alpha value is 0.961. The Kier molecular flexibility index (Phi) is 4.81. The first kappa shape index (κ1) is 13.0. The summed E-state index contributed by atoms with van der Waals surface area (Å²) in [6.45, 7) is -4.84. The molecule has 1 aliphatic carbocycles. The van der Waals surface area contributed by atoms with Crippen LogP contribution >= 0.6 is 0 Å². The first-order chi connectivity index (χ1) is 4.96. The largest absolute Gasteiger partial charge is 1.00 e. The predicted octanol–water partition coefficient (Wildman–Crippen LogP) is -1.60. The van der Waals surface area contributed by atoms with Crippen molar-refractivity contribution >= 4 is 12.9 Å². The topological polar surface area (TPSA) is 26.3 Å². The van der Waals surface area contributed by atoms with E-state index in [0.717, 1.165) is 7.11 Å². The average Bonchev–Trinajstić information content (AvgIpc) is 2.62. The summed E-state index contributed by atoms with van der Waals surface area (Å²) in [4.78, 5) is 10.5. The van der Waals surface area contributed by atoms with Crippen molar-refractivity contribution in [3.8, 4) is 0 Å². The number of carbonyl (C=O) groups is 1. The van der Waals surface area contributed by atoms with Gasteiger partial charge in [0.1, 0.15) is 0 Å². The Balaban J connectivity index is 0.00000121. The van der Waals surface area contributed by atoms with Crippen molar-refractivity contribution in [1.82, 2.24) is 0 Å². The first-order valence-corrected chi connectivity index (χ1v) is 3.24. The number of esters is 1. The van der Waals surface area contributed by atoms with Crippen molar-refractivity contribution in [2.24, 2.45) is 5.92 Å². The van der Waals surface area contributed by atoms with Crippen LogP contribution in [0.1, 0.15) is 6.42 Å². The van der Waals surface area contributed by atoms with Crippen LogP contribution in [0, 0.1) is 5.92 Å². The summed E-state index contributed by atoms with van der Waals surface area (Å²) in [6, 6.07) is 0. The molecule has 0 heterocycles. The average molecular weight is 206 g/mol. The fraction of sp³-hybridized carbons (Fsp3) is 0.800. The molecule has 0 aromatic carbocycles. The molecule has 0 aromatic heterocycles. The summed E-state index contributed by atoms with van der Waals surface area (Å²) in [5.41, 5.74) is 0. The third-order valence-corrected chi connectivity index (χ3v) is 1.83. The quantitative estimate of drug-likeness (QED) is 0.402. The summed E-state index contributed by atoms with van der Waals surface area (Å²) in [5.74, 6) is -3.06. The molecular weight excluding hydrogens is 199 g/mol. The van der Waals surface area contributed by atoms with Crippen LogP contribution < -0.4 is 51.4 Å². The molecule has 0 amide bonds. The van der Waals surface area contributed by atoms with E-state index in [1.54, 1.807) is 0 Å². The van der Waals surface area contributed by atoms with Crippen LogP contribution in [-0.4, -0.2) is 20.1 Å². The van der Waals surface area contributed by atoms with Gasteiger partial charge in [-0.15, -0.1) is 0 Å². The van der Waals surface area contributed by atoms with Crippen molar-refractivity contribution in [2.75, 3.05) is 7.11 Å². The summed E-state index contributed by atoms with van der Waals surface area (Å²) >= 11 is 0. The normalized spacial score (nSPS) is 27.3. The maximum atomic E-state index is 11.8. The standard InChI is InChI=1S/C5H7BF3O2.K/c1-11-5(10)3-2-4(3)6(7,8)9;/h3-4H,2H2,1H3;/q-1;+1. The SMILES string of the molecule is COC(=O)C1CC1[B-](F)(F)F.[K+]. The van der Waals surface area contributed by atoms with Crippen molar-refractivity contribution in [3.63, 3.8) is 0 Å². The molecular formula is C5H7BF3KO2. The number of ether oxygens (including phenoxy) is 1. The molecule has 2 nitrogen and oxygen atoms in total. The minimum absolute atomic E-state index is 0. The van der Waals surface area contributed by atoms with E-state index in [1.807, 2.05) is 0 Å². The van der Waals surface area contributed by atoms with Crippen LogP contribution in [0.15, 0.2) is 0 Å². The van der Waals surface area contributed by atoms with E-state index in [4.69, 9.17) is 0 Å². The molecule has 2 atom stereocenters.